The van der Waals surface area contributed by atoms with Crippen molar-refractivity contribution in [2.24, 2.45) is 0 Å². The van der Waals surface area contributed by atoms with Gasteiger partial charge in [-0.3, -0.25) is 4.84 Å². The Kier molecular flexibility index (Phi) is 6.61. The molecule has 29 heavy (non-hydrogen) atoms. The lowest BCUT2D eigenvalue weighted by Crippen LogP contribution is -2.43. The predicted molar refractivity (Wildman–Crippen MR) is 99.9 cm³/mol. The van der Waals surface area contributed by atoms with Gasteiger partial charge >= 0.3 is 6.03 Å². The Morgan fingerprint density at radius 3 is 1.93 bits per heavy atom. The SMILES string of the molecule is COc1cc(OC)nc(N(OC)C(=O)NS(=O)(=O)c2ccccc2S(C)(=O)=O)n1. The third-order valence-corrected chi connectivity index (χ3v) is 6.06. The molecule has 0 bridgehead atoms. The number of sulfone groups is 1. The first-order valence-corrected chi connectivity index (χ1v) is 11.1. The number of ether oxygens (including phenoxy) is 2. The minimum atomic E-state index is -4.59. The molecule has 0 aliphatic heterocycles. The summed E-state index contributed by atoms with van der Waals surface area (Å²) in [5.74, 6) is -0.341. The zero-order valence-corrected chi connectivity index (χ0v) is 17.4. The van der Waals surface area contributed by atoms with Gasteiger partial charge in [0.05, 0.1) is 32.3 Å². The summed E-state index contributed by atoms with van der Waals surface area (Å²) in [6.45, 7) is 0. The summed E-state index contributed by atoms with van der Waals surface area (Å²) in [5, 5.41) is 0.436. The van der Waals surface area contributed by atoms with Gasteiger partial charge in [-0.15, -0.1) is 5.06 Å². The number of nitrogens with one attached hydrogen (secondary N) is 1. The number of hydroxylamine groups is 1. The fourth-order valence-corrected chi connectivity index (χ4v) is 4.69. The molecule has 1 heterocycles. The van der Waals surface area contributed by atoms with Gasteiger partial charge in [-0.1, -0.05) is 12.1 Å². The molecule has 158 valence electrons. The molecule has 0 aliphatic carbocycles. The van der Waals surface area contributed by atoms with Gasteiger partial charge < -0.3 is 9.47 Å². The van der Waals surface area contributed by atoms with Gasteiger partial charge in [-0.05, 0) is 12.1 Å². The Morgan fingerprint density at radius 2 is 1.48 bits per heavy atom. The number of anilines is 1. The smallest absolute Gasteiger partial charge is 0.362 e. The molecule has 0 radical (unpaired) electrons. The van der Waals surface area contributed by atoms with E-state index in [0.29, 0.717) is 5.06 Å². The van der Waals surface area contributed by atoms with Gasteiger partial charge in [0.25, 0.3) is 16.0 Å². The minimum Gasteiger partial charge on any atom is -0.481 e. The third-order valence-electron chi connectivity index (χ3n) is 3.39. The third kappa shape index (κ3) is 5.10. The summed E-state index contributed by atoms with van der Waals surface area (Å²) in [6.07, 6.45) is 0.848. The van der Waals surface area contributed by atoms with Crippen LogP contribution in [-0.2, 0) is 24.7 Å². The van der Waals surface area contributed by atoms with Crippen LogP contribution in [0.1, 0.15) is 0 Å². The molecule has 2 amide bonds. The van der Waals surface area contributed by atoms with Gasteiger partial charge in [0, 0.05) is 6.26 Å². The van der Waals surface area contributed by atoms with Crippen LogP contribution in [0.4, 0.5) is 10.7 Å². The first-order valence-electron chi connectivity index (χ1n) is 7.70. The van der Waals surface area contributed by atoms with Gasteiger partial charge in [0.1, 0.15) is 4.90 Å². The number of hydrogen-bond donors (Lipinski definition) is 1. The molecular weight excluding hydrogens is 428 g/mol. The van der Waals surface area contributed by atoms with E-state index in [9.17, 15) is 21.6 Å². The van der Waals surface area contributed by atoms with E-state index in [1.54, 1.807) is 4.72 Å². The number of sulfonamides is 1. The van der Waals surface area contributed by atoms with E-state index >= 15 is 0 Å². The fraction of sp³-hybridized carbons (Fsp3) is 0.267. The molecule has 0 unspecified atom stereocenters. The topological polar surface area (TPSA) is 154 Å². The molecule has 0 saturated carbocycles. The molecule has 0 atom stereocenters. The summed E-state index contributed by atoms with van der Waals surface area (Å²) in [5.41, 5.74) is 0. The van der Waals surface area contributed by atoms with E-state index in [2.05, 4.69) is 9.97 Å². The number of amides is 2. The number of carbonyl (C=O) groups excluding carboxylic acids is 1. The lowest BCUT2D eigenvalue weighted by molar-refractivity contribution is 0.162. The highest BCUT2D eigenvalue weighted by molar-refractivity contribution is 7.93. The van der Waals surface area contributed by atoms with Crippen molar-refractivity contribution in [1.29, 1.82) is 0 Å². The van der Waals surface area contributed by atoms with Crippen LogP contribution in [0.5, 0.6) is 11.8 Å². The Bertz CT molecular complexity index is 1100. The number of aromatic nitrogens is 2. The van der Waals surface area contributed by atoms with Crippen molar-refractivity contribution in [1.82, 2.24) is 14.7 Å². The highest BCUT2D eigenvalue weighted by atomic mass is 32.2. The van der Waals surface area contributed by atoms with Crippen LogP contribution in [0.25, 0.3) is 0 Å². The predicted octanol–water partition coefficient (Wildman–Crippen LogP) is 0.364. The average molecular weight is 446 g/mol. The van der Waals surface area contributed by atoms with Crippen molar-refractivity contribution in [2.75, 3.05) is 32.6 Å². The summed E-state index contributed by atoms with van der Waals surface area (Å²) in [7, 11) is -4.76. The Hall–Kier alpha value is -2.97. The number of rotatable bonds is 7. The van der Waals surface area contributed by atoms with Crippen LogP contribution < -0.4 is 19.3 Å². The van der Waals surface area contributed by atoms with Crippen LogP contribution >= 0.6 is 0 Å². The number of benzene rings is 1. The van der Waals surface area contributed by atoms with Crippen molar-refractivity contribution in [2.45, 2.75) is 9.79 Å². The first kappa shape index (κ1) is 22.3. The lowest BCUT2D eigenvalue weighted by atomic mass is 10.4. The molecule has 12 nitrogen and oxygen atoms in total. The lowest BCUT2D eigenvalue weighted by Gasteiger charge is -2.19. The molecule has 1 aromatic heterocycles. The van der Waals surface area contributed by atoms with Gasteiger partial charge in [-0.25, -0.2) is 26.4 Å². The summed E-state index contributed by atoms with van der Waals surface area (Å²) >= 11 is 0. The van der Waals surface area contributed by atoms with Crippen molar-refractivity contribution in [3.8, 4) is 11.8 Å². The Labute approximate surface area is 167 Å². The second-order valence-electron chi connectivity index (χ2n) is 5.36. The van der Waals surface area contributed by atoms with Crippen molar-refractivity contribution in [3.63, 3.8) is 0 Å². The van der Waals surface area contributed by atoms with E-state index in [-0.39, 0.29) is 17.7 Å². The van der Waals surface area contributed by atoms with Crippen LogP contribution in [0.3, 0.4) is 0 Å². The van der Waals surface area contributed by atoms with Gasteiger partial charge in [-0.2, -0.15) is 9.97 Å². The number of nitrogens with zero attached hydrogens (tertiary/aromatic N) is 3. The van der Waals surface area contributed by atoms with E-state index in [1.807, 2.05) is 0 Å². The van der Waals surface area contributed by atoms with Crippen molar-refractivity contribution >= 4 is 31.8 Å². The number of methoxy groups -OCH3 is 2. The molecule has 2 rings (SSSR count). The van der Waals surface area contributed by atoms with Crippen LogP contribution in [0.2, 0.25) is 0 Å². The summed E-state index contributed by atoms with van der Waals surface area (Å²) < 4.78 is 60.7. The standard InChI is InChI=1S/C15H18N4O8S2/c1-25-12-9-13(26-2)17-14(16-12)19(27-3)15(20)18-29(23,24)11-8-6-5-7-10(11)28(4,21)22/h5-9H,1-4H3,(H,18,20). The largest absolute Gasteiger partial charge is 0.481 e. The molecule has 14 heteroatoms. The quantitative estimate of drug-likeness (QED) is 0.590. The maximum atomic E-state index is 12.6. The number of urea groups is 1. The monoisotopic (exact) mass is 446 g/mol. The molecule has 0 fully saturated rings. The molecular formula is C15H18N4O8S2. The Balaban J connectivity index is 2.43. The highest BCUT2D eigenvalue weighted by Crippen LogP contribution is 2.22. The summed E-state index contributed by atoms with van der Waals surface area (Å²) in [4.78, 5) is 24.1. The van der Waals surface area contributed by atoms with E-state index in [1.165, 1.54) is 32.4 Å². The van der Waals surface area contributed by atoms with Crippen LogP contribution in [-0.4, -0.2) is 60.4 Å². The van der Waals surface area contributed by atoms with E-state index in [0.717, 1.165) is 25.5 Å². The highest BCUT2D eigenvalue weighted by Gasteiger charge is 2.29. The second kappa shape index (κ2) is 8.59. The van der Waals surface area contributed by atoms with Crippen LogP contribution in [0, 0.1) is 0 Å². The molecule has 0 spiro atoms. The van der Waals surface area contributed by atoms with Gasteiger partial charge in [0.15, 0.2) is 9.84 Å². The normalized spacial score (nSPS) is 11.6. The molecule has 1 N–H and O–H groups in total. The van der Waals surface area contributed by atoms with Gasteiger partial charge in [0.2, 0.25) is 11.8 Å². The maximum absolute atomic E-state index is 12.6. The second-order valence-corrected chi connectivity index (χ2v) is 8.99. The zero-order valence-electron chi connectivity index (χ0n) is 15.8. The molecule has 0 saturated heterocycles. The fourth-order valence-electron chi connectivity index (χ4n) is 2.14. The first-order chi connectivity index (χ1) is 13.5. The minimum absolute atomic E-state index is 0.0204. The molecule has 0 aliphatic rings. The summed E-state index contributed by atoms with van der Waals surface area (Å²) in [6, 6.07) is 4.86. The van der Waals surface area contributed by atoms with Crippen LogP contribution in [0.15, 0.2) is 40.1 Å². The maximum Gasteiger partial charge on any atom is 0.362 e. The molecule has 1 aromatic carbocycles. The van der Waals surface area contributed by atoms with E-state index in [4.69, 9.17) is 14.3 Å². The van der Waals surface area contributed by atoms with Crippen molar-refractivity contribution in [3.05, 3.63) is 30.3 Å². The Morgan fingerprint density at radius 1 is 0.966 bits per heavy atom. The average Bonchev–Trinajstić information content (AvgIpc) is 2.67. The number of hydrogen-bond acceptors (Lipinski definition) is 10. The zero-order chi connectivity index (χ0) is 21.8. The molecule has 2 aromatic rings. The number of carbonyl (C=O) groups is 1. The van der Waals surface area contributed by atoms with E-state index < -0.39 is 35.7 Å². The van der Waals surface area contributed by atoms with Crippen molar-refractivity contribution < 1.29 is 35.9 Å².